The Kier molecular flexibility index (Phi) is 9.36. The molecule has 6 heterocycles. The Bertz CT molecular complexity index is 2260. The van der Waals surface area contributed by atoms with Gasteiger partial charge in [0.15, 0.2) is 6.10 Å². The van der Waals surface area contributed by atoms with E-state index in [1.807, 2.05) is 50.1 Å². The summed E-state index contributed by atoms with van der Waals surface area (Å²) in [7, 11) is 6.15. The smallest absolute Gasteiger partial charge is 0.344 e. The zero-order valence-corrected chi connectivity index (χ0v) is 35.3. The topological polar surface area (TPSA) is 154 Å². The number of aromatic amines is 1. The van der Waals surface area contributed by atoms with Gasteiger partial charge >= 0.3 is 17.9 Å². The molecule has 6 aliphatic rings. The molecular weight excluding hydrogens is 753 g/mol. The fraction of sp³-hybridized carbons (Fsp3) is 0.587. The predicted molar refractivity (Wildman–Crippen MR) is 220 cm³/mol. The normalized spacial score (nSPS) is 37.0. The van der Waals surface area contributed by atoms with Crippen LogP contribution in [0.25, 0.3) is 10.9 Å². The molecule has 13 heteroatoms. The van der Waals surface area contributed by atoms with Crippen molar-refractivity contribution in [1.82, 2.24) is 14.8 Å². The van der Waals surface area contributed by atoms with Crippen molar-refractivity contribution in [2.75, 3.05) is 66.0 Å². The third kappa shape index (κ3) is 5.20. The number of methoxy groups -OCH3 is 3. The number of aliphatic hydroxyl groups is 2. The van der Waals surface area contributed by atoms with E-state index < -0.39 is 57.5 Å². The highest BCUT2D eigenvalue weighted by atomic mass is 16.6. The van der Waals surface area contributed by atoms with Crippen LogP contribution in [-0.2, 0) is 45.8 Å². The lowest BCUT2D eigenvalue weighted by atomic mass is 9.47. The third-order valence-electron chi connectivity index (χ3n) is 15.6. The quantitative estimate of drug-likeness (QED) is 0.180. The van der Waals surface area contributed by atoms with E-state index in [2.05, 4.69) is 39.1 Å². The van der Waals surface area contributed by atoms with Crippen molar-refractivity contribution in [3.05, 3.63) is 70.9 Å². The number of likely N-dealkylation sites (N-methyl/N-ethyl adjacent to an activating group) is 1. The Morgan fingerprint density at radius 3 is 2.41 bits per heavy atom. The maximum absolute atomic E-state index is 15.3. The Labute approximate surface area is 345 Å². The van der Waals surface area contributed by atoms with Crippen LogP contribution < -0.4 is 9.64 Å². The van der Waals surface area contributed by atoms with E-state index in [0.717, 1.165) is 33.4 Å². The van der Waals surface area contributed by atoms with Crippen LogP contribution in [0.1, 0.15) is 75.3 Å². The molecule has 5 aliphatic heterocycles. The first-order valence-corrected chi connectivity index (χ1v) is 21.2. The van der Waals surface area contributed by atoms with Gasteiger partial charge in [-0.05, 0) is 74.2 Å². The van der Waals surface area contributed by atoms with Crippen LogP contribution >= 0.6 is 0 Å². The summed E-state index contributed by atoms with van der Waals surface area (Å²) in [6, 6.07) is 11.0. The number of carbonyl (C=O) groups excluding carboxylic acids is 3. The number of aromatic nitrogens is 1. The minimum absolute atomic E-state index is 0.0986. The number of hydrogen-bond donors (Lipinski definition) is 3. The number of benzene rings is 2. The van der Waals surface area contributed by atoms with Gasteiger partial charge < -0.3 is 39.0 Å². The molecule has 2 saturated heterocycles. The molecule has 316 valence electrons. The Balaban J connectivity index is 1.36. The summed E-state index contributed by atoms with van der Waals surface area (Å²) < 4.78 is 23.9. The van der Waals surface area contributed by atoms with Crippen molar-refractivity contribution in [3.63, 3.8) is 0 Å². The second kappa shape index (κ2) is 13.8. The van der Waals surface area contributed by atoms with Gasteiger partial charge in [-0.25, -0.2) is 4.79 Å². The highest BCUT2D eigenvalue weighted by molar-refractivity contribution is 5.95. The molecule has 13 nitrogen and oxygen atoms in total. The minimum Gasteiger partial charge on any atom is -0.496 e. The SMILES string of the molecule is CCC12C=CCN3CC[C@@]4(c5cc([C@@]6(C(=O)OC)C[C@@H]7CN(CCc8c6[nH]c6ccccc86)C[C@](O)(CC)C7)c(OC)cc5N(C)[C@H]4[C@@](O)(C(=O)OC)[C@@H]1OC(C)=O)[C@@H]32. The number of nitrogens with zero attached hydrogens (tertiary/aromatic N) is 3. The first-order chi connectivity index (χ1) is 28.2. The molecule has 3 fully saturated rings. The van der Waals surface area contributed by atoms with E-state index in [0.29, 0.717) is 82.6 Å². The number of piperidine rings is 1. The molecule has 59 heavy (non-hydrogen) atoms. The van der Waals surface area contributed by atoms with Crippen LogP contribution in [-0.4, -0.2) is 133 Å². The second-order valence-corrected chi connectivity index (χ2v) is 18.2. The summed E-state index contributed by atoms with van der Waals surface area (Å²) in [5.41, 5.74) is -1.62. The molecule has 9 rings (SSSR count). The highest BCUT2D eigenvalue weighted by Gasteiger charge is 2.80. The zero-order chi connectivity index (χ0) is 41.9. The fourth-order valence-corrected chi connectivity index (χ4v) is 13.5. The van der Waals surface area contributed by atoms with Gasteiger partial charge in [-0.1, -0.05) is 44.2 Å². The molecule has 2 unspecified atom stereocenters. The van der Waals surface area contributed by atoms with E-state index in [1.54, 1.807) is 7.11 Å². The summed E-state index contributed by atoms with van der Waals surface area (Å²) in [5.74, 6) is -1.56. The van der Waals surface area contributed by atoms with E-state index in [4.69, 9.17) is 18.9 Å². The van der Waals surface area contributed by atoms with E-state index in [1.165, 1.54) is 21.1 Å². The van der Waals surface area contributed by atoms with Gasteiger partial charge in [-0.15, -0.1) is 0 Å². The molecule has 2 aromatic carbocycles. The lowest BCUT2D eigenvalue weighted by molar-refractivity contribution is -0.228. The third-order valence-corrected chi connectivity index (χ3v) is 15.6. The fourth-order valence-electron chi connectivity index (χ4n) is 13.5. The number of nitrogens with one attached hydrogen (secondary N) is 1. The maximum atomic E-state index is 15.3. The van der Waals surface area contributed by atoms with E-state index in [9.17, 15) is 19.8 Å². The molecule has 1 aliphatic carbocycles. The summed E-state index contributed by atoms with van der Waals surface area (Å²) in [6.07, 6.45) is 5.94. The number of fused-ring (bicyclic) bond motifs is 6. The van der Waals surface area contributed by atoms with Crippen LogP contribution in [0.3, 0.4) is 0 Å². The number of H-pyrrole nitrogens is 1. The molecule has 1 spiro atoms. The van der Waals surface area contributed by atoms with Gasteiger partial charge in [0.1, 0.15) is 11.2 Å². The van der Waals surface area contributed by atoms with Crippen LogP contribution in [0, 0.1) is 11.3 Å². The summed E-state index contributed by atoms with van der Waals surface area (Å²) in [6.45, 7) is 8.62. The monoisotopic (exact) mass is 810 g/mol. The van der Waals surface area contributed by atoms with Gasteiger partial charge in [0, 0.05) is 90.9 Å². The molecule has 0 amide bonds. The average Bonchev–Trinajstić information content (AvgIpc) is 3.90. The molecular formula is C46H58N4O9. The Hall–Kier alpha value is -4.43. The van der Waals surface area contributed by atoms with Crippen molar-refractivity contribution in [1.29, 1.82) is 0 Å². The number of anilines is 1. The zero-order valence-electron chi connectivity index (χ0n) is 35.3. The van der Waals surface area contributed by atoms with Crippen molar-refractivity contribution in [2.24, 2.45) is 11.3 Å². The second-order valence-electron chi connectivity index (χ2n) is 18.2. The number of para-hydroxylation sites is 1. The van der Waals surface area contributed by atoms with Gasteiger partial charge in [0.2, 0.25) is 5.60 Å². The van der Waals surface area contributed by atoms with Crippen molar-refractivity contribution in [2.45, 2.75) is 99.5 Å². The van der Waals surface area contributed by atoms with Gasteiger partial charge in [-0.2, -0.15) is 0 Å². The first-order valence-electron chi connectivity index (χ1n) is 21.2. The van der Waals surface area contributed by atoms with Crippen LogP contribution in [0.4, 0.5) is 5.69 Å². The first kappa shape index (κ1) is 40.0. The molecule has 10 atom stereocenters. The number of carbonyl (C=O) groups is 3. The lowest BCUT2D eigenvalue weighted by Crippen LogP contribution is -2.81. The molecule has 1 aromatic heterocycles. The maximum Gasteiger partial charge on any atom is 0.344 e. The molecule has 2 bridgehead atoms. The Morgan fingerprint density at radius 1 is 0.949 bits per heavy atom. The number of hydrogen-bond acceptors (Lipinski definition) is 12. The largest absolute Gasteiger partial charge is 0.496 e. The lowest BCUT2D eigenvalue weighted by Gasteiger charge is -2.63. The minimum atomic E-state index is -2.30. The molecule has 1 saturated carbocycles. The molecule has 0 radical (unpaired) electrons. The summed E-state index contributed by atoms with van der Waals surface area (Å²) in [4.78, 5) is 53.2. The summed E-state index contributed by atoms with van der Waals surface area (Å²) in [5, 5.41) is 26.3. The van der Waals surface area contributed by atoms with Gasteiger partial charge in [0.05, 0.1) is 33.0 Å². The number of ether oxygens (including phenoxy) is 4. The van der Waals surface area contributed by atoms with Gasteiger partial charge in [0.25, 0.3) is 0 Å². The standard InChI is InChI=1S/C46H58N4O9/c1-8-42(54)23-28-24-45(40(52)57-6,36-30(15-19-49(25-28)26-42)29-13-10-11-14-33(29)47-36)32-21-31-34(22-35(32)56-5)48(4)38-44(31)17-20-50-18-12-16-43(9-2,37(44)50)39(59-27(3)51)46(38,55)41(53)58-7/h10-14,16,21-22,28,37-39,47,54-55H,8-9,15,17-20,23-26H2,1-7H3/t28-,37+,38-,39-,42+,43?,44-,45+,46+/m1/s1. The molecule has 3 aromatic rings. The van der Waals surface area contributed by atoms with Crippen LogP contribution in [0.15, 0.2) is 48.6 Å². The molecule has 3 N–H and O–H groups in total. The van der Waals surface area contributed by atoms with Crippen molar-refractivity contribution >= 4 is 34.5 Å². The summed E-state index contributed by atoms with van der Waals surface area (Å²) >= 11 is 0. The predicted octanol–water partition coefficient (Wildman–Crippen LogP) is 3.99. The average molecular weight is 811 g/mol. The van der Waals surface area contributed by atoms with Crippen LogP contribution in [0.2, 0.25) is 0 Å². The van der Waals surface area contributed by atoms with E-state index in [-0.39, 0.29) is 12.0 Å². The number of rotatable bonds is 7. The van der Waals surface area contributed by atoms with Crippen molar-refractivity contribution in [3.8, 4) is 5.75 Å². The Morgan fingerprint density at radius 2 is 1.71 bits per heavy atom. The van der Waals surface area contributed by atoms with Crippen molar-refractivity contribution < 1.29 is 43.5 Å². The van der Waals surface area contributed by atoms with Gasteiger partial charge in [-0.3, -0.25) is 19.4 Å². The highest BCUT2D eigenvalue weighted by Crippen LogP contribution is 2.68. The van der Waals surface area contributed by atoms with Crippen LogP contribution in [0.5, 0.6) is 5.75 Å². The number of esters is 3. The van der Waals surface area contributed by atoms with E-state index >= 15 is 4.79 Å².